The molecule has 0 amide bonds. The summed E-state index contributed by atoms with van der Waals surface area (Å²) in [6, 6.07) is 1.74. The molecule has 2 aromatic heterocycles. The van der Waals surface area contributed by atoms with Gasteiger partial charge in [-0.3, -0.25) is 0 Å². The van der Waals surface area contributed by atoms with Gasteiger partial charge in [0.05, 0.1) is 11.2 Å². The van der Waals surface area contributed by atoms with E-state index in [1.807, 2.05) is 0 Å². The Kier molecular flexibility index (Phi) is 2.98. The van der Waals surface area contributed by atoms with Crippen molar-refractivity contribution >= 4 is 29.3 Å². The Morgan fingerprint density at radius 1 is 1.20 bits per heavy atom. The van der Waals surface area contributed by atoms with Crippen molar-refractivity contribution in [1.29, 1.82) is 0 Å². The first-order valence-electron chi connectivity index (χ1n) is 3.98. The number of nitrogen functional groups attached to an aromatic ring is 1. The molecule has 0 aliphatic rings. The van der Waals surface area contributed by atoms with Gasteiger partial charge in [-0.05, 0) is 17.8 Å². The number of nitrogens with two attached hydrogens (primary N) is 1. The zero-order valence-electron chi connectivity index (χ0n) is 7.46. The van der Waals surface area contributed by atoms with Crippen LogP contribution in [-0.2, 0) is 0 Å². The molecule has 0 fully saturated rings. The van der Waals surface area contributed by atoms with Crippen LogP contribution in [0, 0.1) is 0 Å². The predicted octanol–water partition coefficient (Wildman–Crippen LogP) is 1.65. The van der Waals surface area contributed by atoms with E-state index in [4.69, 9.17) is 17.3 Å². The average molecular weight is 240 g/mol. The van der Waals surface area contributed by atoms with Gasteiger partial charge in [-0.2, -0.15) is 0 Å². The van der Waals surface area contributed by atoms with Crippen LogP contribution in [0.3, 0.4) is 0 Å². The Labute approximate surface area is 95.1 Å². The van der Waals surface area contributed by atoms with E-state index in [9.17, 15) is 0 Å². The number of hydrogen-bond donors (Lipinski definition) is 1. The van der Waals surface area contributed by atoms with Crippen molar-refractivity contribution in [1.82, 2.24) is 19.9 Å². The maximum absolute atomic E-state index is 5.89. The molecule has 0 saturated carbocycles. The van der Waals surface area contributed by atoms with Crippen LogP contribution in [0.25, 0.3) is 0 Å². The summed E-state index contributed by atoms with van der Waals surface area (Å²) in [6.07, 6.45) is 4.75. The van der Waals surface area contributed by atoms with Gasteiger partial charge in [0.25, 0.3) is 0 Å². The molecular weight excluding hydrogens is 234 g/mol. The van der Waals surface area contributed by atoms with Crippen molar-refractivity contribution in [3.63, 3.8) is 0 Å². The Morgan fingerprint density at radius 2 is 1.93 bits per heavy atom. The number of hydrogen-bond acceptors (Lipinski definition) is 6. The highest BCUT2D eigenvalue weighted by molar-refractivity contribution is 7.99. The second-order valence-corrected chi connectivity index (χ2v) is 3.88. The zero-order chi connectivity index (χ0) is 10.7. The summed E-state index contributed by atoms with van der Waals surface area (Å²) in [5, 5.41) is 1.55. The first kappa shape index (κ1) is 10.1. The fourth-order valence-corrected chi connectivity index (χ4v) is 1.76. The van der Waals surface area contributed by atoms with Gasteiger partial charge in [0.1, 0.15) is 5.03 Å². The van der Waals surface area contributed by atoms with Crippen LogP contribution in [0.5, 0.6) is 0 Å². The Morgan fingerprint density at radius 3 is 2.67 bits per heavy atom. The lowest BCUT2D eigenvalue weighted by Crippen LogP contribution is -1.96. The second kappa shape index (κ2) is 4.41. The van der Waals surface area contributed by atoms with Gasteiger partial charge < -0.3 is 5.73 Å². The summed E-state index contributed by atoms with van der Waals surface area (Å²) in [5.74, 6) is 0.179. The number of nitrogens with zero attached hydrogens (tertiary/aromatic N) is 4. The Balaban J connectivity index is 2.28. The topological polar surface area (TPSA) is 77.6 Å². The number of aromatic nitrogens is 4. The molecular formula is C8H6ClN5S. The highest BCUT2D eigenvalue weighted by Crippen LogP contribution is 2.28. The lowest BCUT2D eigenvalue weighted by atomic mass is 10.7. The lowest BCUT2D eigenvalue weighted by molar-refractivity contribution is 0.957. The highest BCUT2D eigenvalue weighted by Gasteiger charge is 2.07. The number of halogens is 1. The molecule has 2 heterocycles. The van der Waals surface area contributed by atoms with E-state index in [-0.39, 0.29) is 5.95 Å². The van der Waals surface area contributed by atoms with Crippen LogP contribution in [0.2, 0.25) is 5.02 Å². The summed E-state index contributed by atoms with van der Waals surface area (Å²) in [6.45, 7) is 0. The van der Waals surface area contributed by atoms with Crippen LogP contribution in [-0.4, -0.2) is 19.9 Å². The molecule has 2 N–H and O–H groups in total. The third-order valence-corrected chi connectivity index (χ3v) is 2.75. The van der Waals surface area contributed by atoms with Crippen LogP contribution in [0.1, 0.15) is 0 Å². The van der Waals surface area contributed by atoms with E-state index in [1.54, 1.807) is 18.5 Å². The van der Waals surface area contributed by atoms with Crippen LogP contribution >= 0.6 is 23.4 Å². The normalized spacial score (nSPS) is 10.2. The fourth-order valence-electron chi connectivity index (χ4n) is 0.860. The Bertz CT molecular complexity index is 464. The minimum atomic E-state index is 0.179. The van der Waals surface area contributed by atoms with Gasteiger partial charge >= 0.3 is 0 Å². The quantitative estimate of drug-likeness (QED) is 0.634. The molecule has 7 heteroatoms. The molecule has 0 unspecified atom stereocenters. The van der Waals surface area contributed by atoms with E-state index in [2.05, 4.69) is 19.9 Å². The molecule has 2 rings (SSSR count). The molecule has 76 valence electrons. The molecule has 0 radical (unpaired) electrons. The summed E-state index contributed by atoms with van der Waals surface area (Å²) in [5.41, 5.74) is 5.45. The maximum atomic E-state index is 5.89. The molecule has 15 heavy (non-hydrogen) atoms. The van der Waals surface area contributed by atoms with E-state index in [0.717, 1.165) is 0 Å². The van der Waals surface area contributed by atoms with Crippen molar-refractivity contribution < 1.29 is 0 Å². The standard InChI is InChI=1S/C8H6ClN5S/c9-5-4-13-7(10)14-6(5)15-8-11-2-1-3-12-8/h1-4H,(H2,10,13,14). The third kappa shape index (κ3) is 2.54. The fraction of sp³-hybridized carbons (Fsp3) is 0. The smallest absolute Gasteiger partial charge is 0.221 e. The first-order chi connectivity index (χ1) is 7.25. The molecule has 0 bridgehead atoms. The van der Waals surface area contributed by atoms with Gasteiger partial charge in [-0.1, -0.05) is 11.6 Å². The van der Waals surface area contributed by atoms with Crippen molar-refractivity contribution in [3.05, 3.63) is 29.7 Å². The minimum absolute atomic E-state index is 0.179. The van der Waals surface area contributed by atoms with Crippen molar-refractivity contribution in [3.8, 4) is 0 Å². The van der Waals surface area contributed by atoms with Gasteiger partial charge in [0.2, 0.25) is 5.95 Å². The third-order valence-electron chi connectivity index (χ3n) is 1.46. The number of anilines is 1. The summed E-state index contributed by atoms with van der Waals surface area (Å²) >= 11 is 7.13. The molecule has 0 aliphatic heterocycles. The van der Waals surface area contributed by atoms with Crippen LogP contribution in [0.4, 0.5) is 5.95 Å². The van der Waals surface area contributed by atoms with E-state index in [0.29, 0.717) is 15.2 Å². The molecule has 0 aliphatic carbocycles. The monoisotopic (exact) mass is 239 g/mol. The molecule has 5 nitrogen and oxygen atoms in total. The molecule has 0 saturated heterocycles. The van der Waals surface area contributed by atoms with E-state index in [1.165, 1.54) is 18.0 Å². The molecule has 2 aromatic rings. The summed E-state index contributed by atoms with van der Waals surface area (Å²) in [7, 11) is 0. The van der Waals surface area contributed by atoms with Crippen molar-refractivity contribution in [2.75, 3.05) is 5.73 Å². The second-order valence-electron chi connectivity index (χ2n) is 2.51. The SMILES string of the molecule is Nc1ncc(Cl)c(Sc2ncccn2)n1. The molecule has 0 spiro atoms. The van der Waals surface area contributed by atoms with Crippen molar-refractivity contribution in [2.24, 2.45) is 0 Å². The molecule has 0 aromatic carbocycles. The van der Waals surface area contributed by atoms with Gasteiger partial charge in [-0.15, -0.1) is 0 Å². The first-order valence-corrected chi connectivity index (χ1v) is 5.18. The van der Waals surface area contributed by atoms with Gasteiger partial charge in [0.15, 0.2) is 5.16 Å². The van der Waals surface area contributed by atoms with Crippen LogP contribution < -0.4 is 5.73 Å². The van der Waals surface area contributed by atoms with E-state index < -0.39 is 0 Å². The highest BCUT2D eigenvalue weighted by atomic mass is 35.5. The number of rotatable bonds is 2. The Hall–Kier alpha value is -1.40. The largest absolute Gasteiger partial charge is 0.368 e. The maximum Gasteiger partial charge on any atom is 0.221 e. The van der Waals surface area contributed by atoms with Gasteiger partial charge in [0, 0.05) is 12.4 Å². The van der Waals surface area contributed by atoms with Gasteiger partial charge in [-0.25, -0.2) is 19.9 Å². The zero-order valence-corrected chi connectivity index (χ0v) is 9.03. The summed E-state index contributed by atoms with van der Waals surface area (Å²) in [4.78, 5) is 15.8. The van der Waals surface area contributed by atoms with E-state index >= 15 is 0 Å². The minimum Gasteiger partial charge on any atom is -0.368 e. The summed E-state index contributed by atoms with van der Waals surface area (Å²) < 4.78 is 0. The van der Waals surface area contributed by atoms with Crippen LogP contribution in [0.15, 0.2) is 34.8 Å². The lowest BCUT2D eigenvalue weighted by Gasteiger charge is -2.01. The van der Waals surface area contributed by atoms with Crippen molar-refractivity contribution in [2.45, 2.75) is 10.2 Å². The predicted molar refractivity (Wildman–Crippen MR) is 57.6 cm³/mol. The molecule has 0 atom stereocenters. The average Bonchev–Trinajstić information content (AvgIpc) is 2.25.